The van der Waals surface area contributed by atoms with Crippen molar-refractivity contribution in [3.8, 4) is 0 Å². The molecule has 0 bridgehead atoms. The Hall–Kier alpha value is -1.26. The number of hydrogen-bond acceptors (Lipinski definition) is 2. The summed E-state index contributed by atoms with van der Waals surface area (Å²) < 4.78 is 0. The van der Waals surface area contributed by atoms with Crippen molar-refractivity contribution in [2.45, 2.75) is 6.42 Å². The number of carboxylic acid groups (broad SMARTS) is 1. The van der Waals surface area contributed by atoms with E-state index in [-0.39, 0.29) is 6.42 Å². The van der Waals surface area contributed by atoms with E-state index in [1.54, 1.807) is 18.2 Å². The van der Waals surface area contributed by atoms with Crippen LogP contribution >= 0.6 is 23.2 Å². The lowest BCUT2D eigenvalue weighted by Gasteiger charge is -2.19. The van der Waals surface area contributed by atoms with Crippen molar-refractivity contribution in [3.05, 3.63) is 28.2 Å². The Morgan fingerprint density at radius 1 is 1.35 bits per heavy atom. The monoisotopic (exact) mass is 273 g/mol. The van der Waals surface area contributed by atoms with Crippen molar-refractivity contribution in [1.29, 1.82) is 0 Å². The number of benzene rings is 1. The van der Waals surface area contributed by atoms with Crippen molar-refractivity contribution in [1.82, 2.24) is 0 Å². The van der Waals surface area contributed by atoms with Gasteiger partial charge >= 0.3 is 5.97 Å². The van der Waals surface area contributed by atoms with Crippen LogP contribution in [0.2, 0.25) is 10.0 Å². The van der Waals surface area contributed by atoms with Crippen molar-refractivity contribution >= 4 is 40.8 Å². The molecule has 0 saturated carbocycles. The fourth-order valence-corrected chi connectivity index (χ4v) is 2.48. The average molecular weight is 274 g/mol. The predicted molar refractivity (Wildman–Crippen MR) is 64.6 cm³/mol. The van der Waals surface area contributed by atoms with Crippen LogP contribution in [0, 0.1) is 5.92 Å². The molecule has 1 unspecified atom stereocenters. The number of anilines is 1. The van der Waals surface area contributed by atoms with Gasteiger partial charge in [0.25, 0.3) is 0 Å². The van der Waals surface area contributed by atoms with Crippen LogP contribution in [-0.4, -0.2) is 23.5 Å². The second kappa shape index (κ2) is 4.55. The van der Waals surface area contributed by atoms with Gasteiger partial charge in [0.2, 0.25) is 5.91 Å². The van der Waals surface area contributed by atoms with Crippen LogP contribution in [0.5, 0.6) is 0 Å². The summed E-state index contributed by atoms with van der Waals surface area (Å²) in [5.74, 6) is -2.57. The van der Waals surface area contributed by atoms with Crippen LogP contribution in [0.15, 0.2) is 18.2 Å². The molecule has 0 aromatic heterocycles. The summed E-state index contributed by atoms with van der Waals surface area (Å²) in [5, 5.41) is 9.56. The van der Waals surface area contributed by atoms with Crippen molar-refractivity contribution < 1.29 is 14.7 Å². The molecule has 1 aliphatic rings. The standard InChI is InChI=1S/C11H9Cl2NO3/c12-7-2-1-3-8(13)9(7)14-5-4-6(10(14)15)11(16)17/h1-3,6H,4-5H2,(H,16,17). The van der Waals surface area contributed by atoms with Crippen LogP contribution < -0.4 is 4.90 Å². The Balaban J connectivity index is 2.37. The highest BCUT2D eigenvalue weighted by molar-refractivity contribution is 6.40. The lowest BCUT2D eigenvalue weighted by molar-refractivity contribution is -0.144. The minimum absolute atomic E-state index is 0.274. The molecular weight excluding hydrogens is 265 g/mol. The van der Waals surface area contributed by atoms with Gasteiger partial charge in [0, 0.05) is 6.54 Å². The third kappa shape index (κ3) is 2.10. The van der Waals surface area contributed by atoms with E-state index in [9.17, 15) is 9.59 Å². The molecule has 2 rings (SSSR count). The van der Waals surface area contributed by atoms with E-state index >= 15 is 0 Å². The number of halogens is 2. The maximum absolute atomic E-state index is 11.9. The molecule has 1 aromatic carbocycles. The summed E-state index contributed by atoms with van der Waals surface area (Å²) in [5.41, 5.74) is 0.393. The molecule has 1 heterocycles. The zero-order valence-corrected chi connectivity index (χ0v) is 10.2. The van der Waals surface area contributed by atoms with E-state index in [4.69, 9.17) is 28.3 Å². The number of rotatable bonds is 2. The van der Waals surface area contributed by atoms with E-state index in [0.29, 0.717) is 22.3 Å². The largest absolute Gasteiger partial charge is 0.481 e. The molecule has 1 fully saturated rings. The van der Waals surface area contributed by atoms with Crippen LogP contribution in [0.1, 0.15) is 6.42 Å². The van der Waals surface area contributed by atoms with Crippen molar-refractivity contribution in [2.75, 3.05) is 11.4 Å². The van der Waals surface area contributed by atoms with Crippen LogP contribution in [-0.2, 0) is 9.59 Å². The van der Waals surface area contributed by atoms with E-state index in [2.05, 4.69) is 0 Å². The minimum atomic E-state index is -1.11. The fraction of sp³-hybridized carbons (Fsp3) is 0.273. The number of amides is 1. The smallest absolute Gasteiger partial charge is 0.316 e. The third-order valence-corrected chi connectivity index (χ3v) is 3.32. The normalized spacial score (nSPS) is 19.8. The zero-order chi connectivity index (χ0) is 12.6. The SMILES string of the molecule is O=C(O)C1CCN(c2c(Cl)cccc2Cl)C1=O. The van der Waals surface area contributed by atoms with Gasteiger partial charge in [0.1, 0.15) is 5.92 Å². The molecule has 4 nitrogen and oxygen atoms in total. The van der Waals surface area contributed by atoms with Crippen molar-refractivity contribution in [3.63, 3.8) is 0 Å². The van der Waals surface area contributed by atoms with Gasteiger partial charge in [-0.3, -0.25) is 9.59 Å². The Kier molecular flexibility index (Phi) is 3.26. The molecule has 0 radical (unpaired) electrons. The minimum Gasteiger partial charge on any atom is -0.481 e. The third-order valence-electron chi connectivity index (χ3n) is 2.71. The van der Waals surface area contributed by atoms with E-state index in [0.717, 1.165) is 0 Å². The summed E-state index contributed by atoms with van der Waals surface area (Å²) in [6, 6.07) is 4.90. The Morgan fingerprint density at radius 3 is 2.41 bits per heavy atom. The van der Waals surface area contributed by atoms with Gasteiger partial charge in [-0.1, -0.05) is 29.3 Å². The lowest BCUT2D eigenvalue weighted by Crippen LogP contribution is -2.30. The second-order valence-electron chi connectivity index (χ2n) is 3.74. The summed E-state index contributed by atoms with van der Waals surface area (Å²) in [6.45, 7) is 0.319. The number of carboxylic acids is 1. The summed E-state index contributed by atoms with van der Waals surface area (Å²) >= 11 is 12.0. The molecule has 1 aliphatic heterocycles. The summed E-state index contributed by atoms with van der Waals surface area (Å²) in [4.78, 5) is 24.1. The molecule has 6 heteroatoms. The highest BCUT2D eigenvalue weighted by atomic mass is 35.5. The van der Waals surface area contributed by atoms with Crippen LogP contribution in [0.4, 0.5) is 5.69 Å². The van der Waals surface area contributed by atoms with Gasteiger partial charge in [0.05, 0.1) is 15.7 Å². The molecule has 0 spiro atoms. The lowest BCUT2D eigenvalue weighted by atomic mass is 10.1. The Bertz CT molecular complexity index is 469. The highest BCUT2D eigenvalue weighted by Gasteiger charge is 2.38. The topological polar surface area (TPSA) is 57.6 Å². The van der Waals surface area contributed by atoms with Gasteiger partial charge in [-0.25, -0.2) is 0 Å². The Labute approximate surface area is 108 Å². The molecular formula is C11H9Cl2NO3. The predicted octanol–water partition coefficient (Wildman–Crippen LogP) is 2.43. The fourth-order valence-electron chi connectivity index (χ4n) is 1.88. The highest BCUT2D eigenvalue weighted by Crippen LogP contribution is 2.37. The number of aliphatic carboxylic acids is 1. The van der Waals surface area contributed by atoms with E-state index in [1.165, 1.54) is 4.90 Å². The quantitative estimate of drug-likeness (QED) is 0.842. The first-order chi connectivity index (χ1) is 8.02. The second-order valence-corrected chi connectivity index (χ2v) is 4.55. The zero-order valence-electron chi connectivity index (χ0n) is 8.69. The molecule has 90 valence electrons. The number of para-hydroxylation sites is 1. The maximum Gasteiger partial charge on any atom is 0.316 e. The molecule has 1 saturated heterocycles. The number of hydrogen-bond donors (Lipinski definition) is 1. The van der Waals surface area contributed by atoms with Gasteiger partial charge in [-0.2, -0.15) is 0 Å². The summed E-state index contributed by atoms with van der Waals surface area (Å²) in [6.07, 6.45) is 0.274. The first-order valence-electron chi connectivity index (χ1n) is 5.00. The molecule has 17 heavy (non-hydrogen) atoms. The Morgan fingerprint density at radius 2 is 1.94 bits per heavy atom. The van der Waals surface area contributed by atoms with Gasteiger partial charge in [-0.15, -0.1) is 0 Å². The molecule has 1 amide bonds. The number of carbonyl (C=O) groups excluding carboxylic acids is 1. The van der Waals surface area contributed by atoms with E-state index in [1.807, 2.05) is 0 Å². The average Bonchev–Trinajstić information content (AvgIpc) is 2.61. The molecule has 1 atom stereocenters. The van der Waals surface area contributed by atoms with Gasteiger partial charge < -0.3 is 10.0 Å². The number of nitrogens with zero attached hydrogens (tertiary/aromatic N) is 1. The first-order valence-corrected chi connectivity index (χ1v) is 5.76. The molecule has 0 aliphatic carbocycles. The van der Waals surface area contributed by atoms with Gasteiger partial charge in [-0.05, 0) is 18.6 Å². The summed E-state index contributed by atoms with van der Waals surface area (Å²) in [7, 11) is 0. The molecule has 1 aromatic rings. The maximum atomic E-state index is 11.9. The first kappa shape index (κ1) is 12.2. The number of carbonyl (C=O) groups is 2. The van der Waals surface area contributed by atoms with E-state index < -0.39 is 17.8 Å². The molecule has 1 N–H and O–H groups in total. The van der Waals surface area contributed by atoms with Gasteiger partial charge in [0.15, 0.2) is 0 Å². The van der Waals surface area contributed by atoms with Crippen LogP contribution in [0.25, 0.3) is 0 Å². The van der Waals surface area contributed by atoms with Crippen LogP contribution in [0.3, 0.4) is 0 Å². The van der Waals surface area contributed by atoms with Crippen molar-refractivity contribution in [2.24, 2.45) is 5.92 Å².